The first-order valence-electron chi connectivity index (χ1n) is 12.3. The van der Waals surface area contributed by atoms with Gasteiger partial charge in [0.2, 0.25) is 5.78 Å². The summed E-state index contributed by atoms with van der Waals surface area (Å²) in [5.74, 6) is -5.52. The molecule has 0 aromatic carbocycles. The van der Waals surface area contributed by atoms with Crippen LogP contribution in [0.3, 0.4) is 0 Å². The van der Waals surface area contributed by atoms with Crippen molar-refractivity contribution in [2.75, 3.05) is 6.61 Å². The van der Waals surface area contributed by atoms with Crippen LogP contribution in [0.2, 0.25) is 0 Å². The van der Waals surface area contributed by atoms with Crippen LogP contribution in [0.1, 0.15) is 90.4 Å². The molecule has 6 nitrogen and oxygen atoms in total. The molecule has 2 rings (SSSR count). The fourth-order valence-corrected chi connectivity index (χ4v) is 4.72. The maximum Gasteiger partial charge on any atom is 0.305 e. The van der Waals surface area contributed by atoms with Crippen molar-refractivity contribution >= 4 is 17.5 Å². The quantitative estimate of drug-likeness (QED) is 0.251. The number of Topliss-reactive ketones (excluding diaryl/α,β-unsaturated/α-hetero) is 2. The van der Waals surface area contributed by atoms with Gasteiger partial charge in [-0.3, -0.25) is 14.4 Å². The van der Waals surface area contributed by atoms with Crippen molar-refractivity contribution in [3.8, 4) is 0 Å². The predicted octanol–water partition coefficient (Wildman–Crippen LogP) is 5.48. The van der Waals surface area contributed by atoms with Crippen LogP contribution in [0, 0.1) is 11.8 Å². The minimum atomic E-state index is -3.29. The largest absolute Gasteiger partial charge is 0.481 e. The minimum absolute atomic E-state index is 0.0821. The van der Waals surface area contributed by atoms with Crippen LogP contribution in [-0.4, -0.2) is 47.6 Å². The van der Waals surface area contributed by atoms with E-state index in [4.69, 9.17) is 14.6 Å². The van der Waals surface area contributed by atoms with Crippen molar-refractivity contribution in [2.45, 2.75) is 109 Å². The molecule has 0 radical (unpaired) electrons. The zero-order valence-electron chi connectivity index (χ0n) is 19.6. The van der Waals surface area contributed by atoms with Gasteiger partial charge in [-0.2, -0.15) is 8.78 Å². The molecule has 1 aliphatic carbocycles. The third kappa shape index (κ3) is 9.24. The average Bonchev–Trinajstić information content (AvgIpc) is 3.05. The van der Waals surface area contributed by atoms with E-state index in [9.17, 15) is 23.2 Å². The number of allylic oxidation sites excluding steroid dienone is 2. The van der Waals surface area contributed by atoms with Crippen LogP contribution in [0.25, 0.3) is 0 Å². The second kappa shape index (κ2) is 13.9. The van der Waals surface area contributed by atoms with Gasteiger partial charge in [-0.25, -0.2) is 0 Å². The molecule has 188 valence electrons. The van der Waals surface area contributed by atoms with Gasteiger partial charge in [-0.1, -0.05) is 19.1 Å². The molecule has 33 heavy (non-hydrogen) atoms. The van der Waals surface area contributed by atoms with Gasteiger partial charge in [-0.05, 0) is 63.7 Å². The highest BCUT2D eigenvalue weighted by atomic mass is 19.3. The molecule has 1 aliphatic heterocycles. The molecular formula is C25H38F2O6. The van der Waals surface area contributed by atoms with Gasteiger partial charge in [-0.15, -0.1) is 0 Å². The van der Waals surface area contributed by atoms with Crippen LogP contribution in [0.15, 0.2) is 12.2 Å². The van der Waals surface area contributed by atoms with Gasteiger partial charge < -0.3 is 14.6 Å². The summed E-state index contributed by atoms with van der Waals surface area (Å²) in [6, 6.07) is 0. The number of hydrogen-bond donors (Lipinski definition) is 1. The number of ether oxygens (including phenoxy) is 2. The fourth-order valence-electron chi connectivity index (χ4n) is 4.72. The lowest BCUT2D eigenvalue weighted by molar-refractivity contribution is -0.196. The lowest BCUT2D eigenvalue weighted by atomic mass is 9.86. The summed E-state index contributed by atoms with van der Waals surface area (Å²) in [6.45, 7) is 2.25. The number of halogens is 2. The molecular weight excluding hydrogens is 434 g/mol. The summed E-state index contributed by atoms with van der Waals surface area (Å²) in [4.78, 5) is 35.3. The van der Waals surface area contributed by atoms with Gasteiger partial charge in [0, 0.05) is 38.2 Å². The predicted molar refractivity (Wildman–Crippen MR) is 119 cm³/mol. The van der Waals surface area contributed by atoms with E-state index in [0.29, 0.717) is 38.7 Å². The van der Waals surface area contributed by atoms with Crippen molar-refractivity contribution in [1.29, 1.82) is 0 Å². The first kappa shape index (κ1) is 27.6. The Morgan fingerprint density at radius 1 is 1.21 bits per heavy atom. The highest BCUT2D eigenvalue weighted by Crippen LogP contribution is 2.39. The van der Waals surface area contributed by atoms with Crippen LogP contribution in [0.5, 0.6) is 0 Å². The topological polar surface area (TPSA) is 89.9 Å². The van der Waals surface area contributed by atoms with Crippen molar-refractivity contribution in [2.24, 2.45) is 11.8 Å². The van der Waals surface area contributed by atoms with E-state index in [1.54, 1.807) is 6.92 Å². The molecule has 0 spiro atoms. The Morgan fingerprint density at radius 3 is 2.67 bits per heavy atom. The smallest absolute Gasteiger partial charge is 0.305 e. The number of alkyl halides is 2. The Kier molecular flexibility index (Phi) is 11.6. The Labute approximate surface area is 195 Å². The monoisotopic (exact) mass is 472 g/mol. The van der Waals surface area contributed by atoms with Crippen molar-refractivity contribution < 1.29 is 37.7 Å². The Morgan fingerprint density at radius 2 is 2.00 bits per heavy atom. The second-order valence-corrected chi connectivity index (χ2v) is 9.17. The third-order valence-electron chi connectivity index (χ3n) is 6.51. The van der Waals surface area contributed by atoms with Gasteiger partial charge in [0.05, 0.1) is 6.10 Å². The molecule has 4 atom stereocenters. The highest BCUT2D eigenvalue weighted by molar-refractivity contribution is 5.86. The molecule has 1 saturated heterocycles. The average molecular weight is 473 g/mol. The number of unbranched alkanes of at least 4 members (excludes halogenated alkanes) is 1. The Hall–Kier alpha value is -1.67. The van der Waals surface area contributed by atoms with Crippen molar-refractivity contribution in [3.63, 3.8) is 0 Å². The first-order chi connectivity index (χ1) is 15.7. The zero-order valence-corrected chi connectivity index (χ0v) is 19.6. The number of carbonyl (C=O) groups excluding carboxylic acids is 2. The summed E-state index contributed by atoms with van der Waals surface area (Å²) < 4.78 is 39.5. The van der Waals surface area contributed by atoms with Crippen molar-refractivity contribution in [3.05, 3.63) is 12.2 Å². The molecule has 1 N–H and O–H groups in total. The minimum Gasteiger partial charge on any atom is -0.481 e. The van der Waals surface area contributed by atoms with Gasteiger partial charge in [0.15, 0.2) is 6.29 Å². The molecule has 0 bridgehead atoms. The number of hydrogen-bond acceptors (Lipinski definition) is 5. The molecule has 0 amide bonds. The summed E-state index contributed by atoms with van der Waals surface area (Å²) in [5, 5.41) is 8.71. The number of ketones is 2. The number of aliphatic carboxylic acids is 1. The van der Waals surface area contributed by atoms with Crippen molar-refractivity contribution in [1.82, 2.24) is 0 Å². The molecule has 2 aliphatic rings. The highest BCUT2D eigenvalue weighted by Gasteiger charge is 2.44. The molecule has 1 heterocycles. The second-order valence-electron chi connectivity index (χ2n) is 9.17. The maximum atomic E-state index is 13.9. The number of rotatable bonds is 15. The van der Waals surface area contributed by atoms with Gasteiger partial charge in [0.1, 0.15) is 5.78 Å². The Bertz CT molecular complexity index is 672. The first-order valence-corrected chi connectivity index (χ1v) is 12.3. The van der Waals surface area contributed by atoms with E-state index in [0.717, 1.165) is 19.3 Å². The third-order valence-corrected chi connectivity index (χ3v) is 6.51. The van der Waals surface area contributed by atoms with Crippen LogP contribution in [-0.2, 0) is 23.9 Å². The summed E-state index contributed by atoms with van der Waals surface area (Å²) in [6.07, 6.45) is 8.24. The van der Waals surface area contributed by atoms with E-state index in [1.807, 2.05) is 12.2 Å². The van der Waals surface area contributed by atoms with E-state index < -0.39 is 24.1 Å². The molecule has 8 heteroatoms. The zero-order chi connectivity index (χ0) is 24.3. The molecule has 1 saturated carbocycles. The molecule has 0 aromatic rings. The molecule has 0 aromatic heterocycles. The Balaban J connectivity index is 1.96. The van der Waals surface area contributed by atoms with Crippen LogP contribution in [0.4, 0.5) is 8.78 Å². The maximum absolute atomic E-state index is 13.9. The van der Waals surface area contributed by atoms with E-state index in [1.165, 1.54) is 0 Å². The lowest BCUT2D eigenvalue weighted by Crippen LogP contribution is -2.32. The fraction of sp³-hybridized carbons (Fsp3) is 0.800. The number of carbonyl (C=O) groups is 3. The van der Waals surface area contributed by atoms with E-state index in [-0.39, 0.29) is 55.7 Å². The summed E-state index contributed by atoms with van der Waals surface area (Å²) in [5.41, 5.74) is 0. The normalized spacial score (nSPS) is 26.2. The van der Waals surface area contributed by atoms with E-state index in [2.05, 4.69) is 0 Å². The van der Waals surface area contributed by atoms with Gasteiger partial charge >= 0.3 is 11.9 Å². The number of carboxylic acid groups (broad SMARTS) is 1. The molecule has 1 unspecified atom stereocenters. The summed E-state index contributed by atoms with van der Waals surface area (Å²) >= 11 is 0. The van der Waals surface area contributed by atoms with Crippen LogP contribution >= 0.6 is 0 Å². The lowest BCUT2D eigenvalue weighted by Gasteiger charge is -2.30. The number of carboxylic acids is 1. The summed E-state index contributed by atoms with van der Waals surface area (Å²) in [7, 11) is 0. The van der Waals surface area contributed by atoms with Gasteiger partial charge in [0.25, 0.3) is 0 Å². The molecule has 2 fully saturated rings. The SMILES string of the molecule is CCCC(F)(F)C(=O)CCC[C@H]1[C@H](OC2CCCCO2)CC(=O)[C@@H]1C/C=C\CCCC(=O)O. The van der Waals surface area contributed by atoms with E-state index >= 15 is 0 Å². The van der Waals surface area contributed by atoms with Crippen LogP contribution < -0.4 is 0 Å². The standard InChI is InChI=1S/C25H38F2O6/c1-2-15-25(26,27)22(29)12-9-11-19-18(10-5-3-4-6-13-23(30)31)20(28)17-21(19)33-24-14-7-8-16-32-24/h3,5,18-19,21,24H,2,4,6-17H2,1H3,(H,30,31)/b5-3-/t18-,19-,21-,24?/m1/s1.